The van der Waals surface area contributed by atoms with Crippen LogP contribution in [-0.2, 0) is 9.53 Å². The number of piperazine rings is 1. The van der Waals surface area contributed by atoms with Gasteiger partial charge in [0.1, 0.15) is 18.2 Å². The van der Waals surface area contributed by atoms with Crippen molar-refractivity contribution in [3.8, 4) is 5.69 Å². The average molecular weight is 403 g/mol. The lowest BCUT2D eigenvalue weighted by Gasteiger charge is -2.35. The zero-order valence-corrected chi connectivity index (χ0v) is 16.0. The number of carbonyl (C=O) groups excluding carboxylic acids is 2. The van der Waals surface area contributed by atoms with Crippen molar-refractivity contribution < 1.29 is 18.7 Å². The van der Waals surface area contributed by atoms with E-state index in [1.54, 1.807) is 17.9 Å². The smallest absolute Gasteiger partial charge is 0.325 e. The van der Waals surface area contributed by atoms with Crippen LogP contribution in [-0.4, -0.2) is 66.0 Å². The van der Waals surface area contributed by atoms with E-state index in [1.165, 1.54) is 35.0 Å². The number of benzene rings is 1. The maximum atomic E-state index is 13.1. The first-order chi connectivity index (χ1) is 14.0. The first-order valence-electron chi connectivity index (χ1n) is 9.27. The Morgan fingerprint density at radius 1 is 1.10 bits per heavy atom. The number of aromatic nitrogens is 2. The van der Waals surface area contributed by atoms with E-state index in [4.69, 9.17) is 4.74 Å². The number of hydrogen-bond donors (Lipinski definition) is 1. The summed E-state index contributed by atoms with van der Waals surface area (Å²) < 4.78 is 19.1. The highest BCUT2D eigenvalue weighted by molar-refractivity contribution is 5.81. The van der Waals surface area contributed by atoms with Gasteiger partial charge in [-0.15, -0.1) is 5.10 Å². The van der Waals surface area contributed by atoms with Crippen LogP contribution in [0, 0.1) is 5.82 Å². The largest absolute Gasteiger partial charge is 0.465 e. The van der Waals surface area contributed by atoms with E-state index >= 15 is 0 Å². The number of rotatable bonds is 5. The number of halogens is 1. The molecule has 1 aromatic heterocycles. The molecule has 3 rings (SSSR count). The number of urea groups is 1. The summed E-state index contributed by atoms with van der Waals surface area (Å²) in [5.74, 6) is -0.289. The van der Waals surface area contributed by atoms with Gasteiger partial charge in [0.25, 0.3) is 5.56 Å². The second-order valence-corrected chi connectivity index (χ2v) is 6.36. The van der Waals surface area contributed by atoms with Crippen molar-refractivity contribution in [2.45, 2.75) is 6.92 Å². The van der Waals surface area contributed by atoms with E-state index in [0.717, 1.165) is 0 Å². The van der Waals surface area contributed by atoms with Crippen LogP contribution >= 0.6 is 0 Å². The molecule has 0 radical (unpaired) electrons. The third kappa shape index (κ3) is 5.09. The monoisotopic (exact) mass is 403 g/mol. The van der Waals surface area contributed by atoms with Crippen LogP contribution in [0.25, 0.3) is 5.69 Å². The Balaban J connectivity index is 1.61. The van der Waals surface area contributed by atoms with Crippen molar-refractivity contribution in [1.82, 2.24) is 20.0 Å². The predicted molar refractivity (Wildman–Crippen MR) is 104 cm³/mol. The molecule has 1 aliphatic heterocycles. The molecule has 0 bridgehead atoms. The van der Waals surface area contributed by atoms with Gasteiger partial charge < -0.3 is 19.9 Å². The quantitative estimate of drug-likeness (QED) is 0.741. The number of nitrogens with one attached hydrogen (secondary N) is 1. The highest BCUT2D eigenvalue weighted by atomic mass is 19.1. The van der Waals surface area contributed by atoms with Crippen LogP contribution in [0.5, 0.6) is 0 Å². The highest BCUT2D eigenvalue weighted by Crippen LogP contribution is 2.14. The summed E-state index contributed by atoms with van der Waals surface area (Å²) >= 11 is 0. The van der Waals surface area contributed by atoms with Crippen LogP contribution < -0.4 is 15.8 Å². The van der Waals surface area contributed by atoms with E-state index in [-0.39, 0.29) is 24.7 Å². The first kappa shape index (κ1) is 20.3. The summed E-state index contributed by atoms with van der Waals surface area (Å²) in [6.07, 6.45) is 0. The normalized spacial score (nSPS) is 13.9. The Labute approximate surface area is 166 Å². The summed E-state index contributed by atoms with van der Waals surface area (Å²) in [4.78, 5) is 39.2. The summed E-state index contributed by atoms with van der Waals surface area (Å²) in [7, 11) is 0. The summed E-state index contributed by atoms with van der Waals surface area (Å²) in [6, 6.07) is 8.21. The fourth-order valence-corrected chi connectivity index (χ4v) is 2.95. The van der Waals surface area contributed by atoms with E-state index < -0.39 is 11.8 Å². The van der Waals surface area contributed by atoms with Crippen molar-refractivity contribution in [2.75, 3.05) is 44.2 Å². The van der Waals surface area contributed by atoms with Gasteiger partial charge in [-0.2, -0.15) is 4.68 Å². The van der Waals surface area contributed by atoms with Gasteiger partial charge in [-0.1, -0.05) is 0 Å². The third-order valence-corrected chi connectivity index (χ3v) is 4.44. The Kier molecular flexibility index (Phi) is 6.43. The maximum Gasteiger partial charge on any atom is 0.325 e. The predicted octanol–water partition coefficient (Wildman–Crippen LogP) is 0.766. The fraction of sp³-hybridized carbons (Fsp3) is 0.368. The second kappa shape index (κ2) is 9.18. The Morgan fingerprint density at radius 3 is 2.45 bits per heavy atom. The maximum absolute atomic E-state index is 13.1. The third-order valence-electron chi connectivity index (χ3n) is 4.44. The Bertz CT molecular complexity index is 923. The van der Waals surface area contributed by atoms with Crippen molar-refractivity contribution in [2.24, 2.45) is 0 Å². The summed E-state index contributed by atoms with van der Waals surface area (Å²) in [6.45, 7) is 3.70. The molecular formula is C19H22FN5O4. The minimum absolute atomic E-state index is 0.170. The van der Waals surface area contributed by atoms with Crippen molar-refractivity contribution >= 4 is 17.8 Å². The molecule has 0 unspecified atom stereocenters. The number of hydrogen-bond acceptors (Lipinski definition) is 6. The SMILES string of the molecule is CCOC(=O)CNC(=O)N1CCN(c2ccc(=O)n(-c3ccc(F)cc3)n2)CC1. The van der Waals surface area contributed by atoms with E-state index in [1.807, 2.05) is 4.90 Å². The van der Waals surface area contributed by atoms with E-state index in [0.29, 0.717) is 37.7 Å². The van der Waals surface area contributed by atoms with E-state index in [2.05, 4.69) is 10.4 Å². The minimum Gasteiger partial charge on any atom is -0.465 e. The van der Waals surface area contributed by atoms with Crippen LogP contribution in [0.2, 0.25) is 0 Å². The fourth-order valence-electron chi connectivity index (χ4n) is 2.95. The summed E-state index contributed by atoms with van der Waals surface area (Å²) in [5, 5.41) is 6.91. The van der Waals surface area contributed by atoms with Crippen molar-refractivity contribution in [3.05, 3.63) is 52.6 Å². The molecule has 10 heteroatoms. The Hall–Kier alpha value is -3.43. The molecule has 2 aromatic rings. The molecular weight excluding hydrogens is 381 g/mol. The number of nitrogens with zero attached hydrogens (tertiary/aromatic N) is 4. The standard InChI is InChI=1S/C19H22FN5O4/c1-2-29-18(27)13-21-19(28)24-11-9-23(10-12-24)16-7-8-17(26)25(22-16)15-5-3-14(20)4-6-15/h3-8H,2,9-13H2,1H3,(H,21,28). The molecule has 2 heterocycles. The van der Waals surface area contributed by atoms with Gasteiger partial charge in [-0.3, -0.25) is 9.59 Å². The molecule has 1 fully saturated rings. The van der Waals surface area contributed by atoms with Gasteiger partial charge in [0.15, 0.2) is 0 Å². The van der Waals surface area contributed by atoms with Crippen LogP contribution in [0.15, 0.2) is 41.2 Å². The number of ether oxygens (including phenoxy) is 1. The lowest BCUT2D eigenvalue weighted by atomic mass is 10.3. The van der Waals surface area contributed by atoms with Gasteiger partial charge in [0.2, 0.25) is 0 Å². The molecule has 2 amide bonds. The number of amides is 2. The molecule has 9 nitrogen and oxygen atoms in total. The molecule has 0 atom stereocenters. The highest BCUT2D eigenvalue weighted by Gasteiger charge is 2.23. The molecule has 1 N–H and O–H groups in total. The molecule has 0 aliphatic carbocycles. The van der Waals surface area contributed by atoms with Crippen LogP contribution in [0.3, 0.4) is 0 Å². The molecule has 1 saturated heterocycles. The minimum atomic E-state index is -0.480. The van der Waals surface area contributed by atoms with Crippen molar-refractivity contribution in [1.29, 1.82) is 0 Å². The van der Waals surface area contributed by atoms with Gasteiger partial charge >= 0.3 is 12.0 Å². The van der Waals surface area contributed by atoms with Gasteiger partial charge in [-0.05, 0) is 37.3 Å². The lowest BCUT2D eigenvalue weighted by molar-refractivity contribution is -0.141. The first-order valence-corrected chi connectivity index (χ1v) is 9.27. The van der Waals surface area contributed by atoms with Crippen LogP contribution in [0.4, 0.5) is 15.0 Å². The van der Waals surface area contributed by atoms with E-state index in [9.17, 15) is 18.8 Å². The lowest BCUT2D eigenvalue weighted by Crippen LogP contribution is -2.52. The van der Waals surface area contributed by atoms with Crippen LogP contribution in [0.1, 0.15) is 6.92 Å². The average Bonchev–Trinajstić information content (AvgIpc) is 2.73. The topological polar surface area (TPSA) is 96.8 Å². The molecule has 154 valence electrons. The Morgan fingerprint density at radius 2 is 1.79 bits per heavy atom. The van der Waals surface area contributed by atoms with Crippen molar-refractivity contribution in [3.63, 3.8) is 0 Å². The summed E-state index contributed by atoms with van der Waals surface area (Å²) in [5.41, 5.74) is 0.146. The molecule has 1 aliphatic rings. The molecule has 1 aromatic carbocycles. The second-order valence-electron chi connectivity index (χ2n) is 6.36. The molecule has 0 saturated carbocycles. The number of carbonyl (C=O) groups is 2. The van der Waals surface area contributed by atoms with Gasteiger partial charge in [0, 0.05) is 32.2 Å². The van der Waals surface area contributed by atoms with Gasteiger partial charge in [0.05, 0.1) is 12.3 Å². The number of esters is 1. The molecule has 29 heavy (non-hydrogen) atoms. The zero-order valence-electron chi connectivity index (χ0n) is 16.0. The number of anilines is 1. The zero-order chi connectivity index (χ0) is 20.8. The van der Waals surface area contributed by atoms with Gasteiger partial charge in [-0.25, -0.2) is 9.18 Å². The molecule has 0 spiro atoms.